The molecule has 0 saturated heterocycles. The van der Waals surface area contributed by atoms with Gasteiger partial charge in [0.25, 0.3) is 5.91 Å². The molecule has 0 fully saturated rings. The minimum atomic E-state index is -0.767. The van der Waals surface area contributed by atoms with Gasteiger partial charge in [-0.2, -0.15) is 0 Å². The third-order valence-corrected chi connectivity index (χ3v) is 2.92. The molecule has 0 aromatic heterocycles. The lowest BCUT2D eigenvalue weighted by Gasteiger charge is -2.11. The van der Waals surface area contributed by atoms with Crippen LogP contribution in [-0.2, 0) is 9.53 Å². The predicted molar refractivity (Wildman–Crippen MR) is 84.6 cm³/mol. The number of para-hydroxylation sites is 3. The highest BCUT2D eigenvalue weighted by molar-refractivity contribution is 5.97. The van der Waals surface area contributed by atoms with Gasteiger partial charge in [0.1, 0.15) is 17.1 Å². The zero-order valence-corrected chi connectivity index (χ0v) is 12.6. The number of ether oxygens (including phenoxy) is 2. The van der Waals surface area contributed by atoms with E-state index in [0.717, 1.165) is 0 Å². The lowest BCUT2D eigenvalue weighted by molar-refractivity contribution is -0.119. The largest absolute Gasteiger partial charge is 0.507 e. The van der Waals surface area contributed by atoms with Crippen molar-refractivity contribution < 1.29 is 24.2 Å². The van der Waals surface area contributed by atoms with Crippen molar-refractivity contribution in [3.63, 3.8) is 0 Å². The van der Waals surface area contributed by atoms with Crippen molar-refractivity contribution in [3.05, 3.63) is 54.1 Å². The summed E-state index contributed by atoms with van der Waals surface area (Å²) in [5.74, 6) is -0.924. The lowest BCUT2D eigenvalue weighted by atomic mass is 10.2. The van der Waals surface area contributed by atoms with Crippen LogP contribution < -0.4 is 10.1 Å². The Bertz CT molecular complexity index is 699. The summed E-state index contributed by atoms with van der Waals surface area (Å²) >= 11 is 0. The van der Waals surface area contributed by atoms with E-state index >= 15 is 0 Å². The molecule has 6 heteroatoms. The molecular weight excluding hydrogens is 298 g/mol. The molecule has 0 unspecified atom stereocenters. The van der Waals surface area contributed by atoms with E-state index in [-0.39, 0.29) is 11.3 Å². The first-order valence-electron chi connectivity index (χ1n) is 7.08. The number of carbonyl (C=O) groups is 2. The van der Waals surface area contributed by atoms with E-state index in [1.165, 1.54) is 12.1 Å². The van der Waals surface area contributed by atoms with Crippen molar-refractivity contribution >= 4 is 17.6 Å². The number of nitrogens with one attached hydrogen (secondary N) is 1. The van der Waals surface area contributed by atoms with Crippen molar-refractivity contribution in [2.75, 3.05) is 18.5 Å². The van der Waals surface area contributed by atoms with Gasteiger partial charge in [-0.15, -0.1) is 0 Å². The number of amides is 1. The second-order valence-corrected chi connectivity index (χ2v) is 4.57. The Morgan fingerprint density at radius 2 is 1.78 bits per heavy atom. The number of anilines is 1. The molecule has 2 N–H and O–H groups in total. The van der Waals surface area contributed by atoms with Gasteiger partial charge in [-0.05, 0) is 31.2 Å². The Morgan fingerprint density at radius 1 is 1.09 bits per heavy atom. The molecule has 0 atom stereocenters. The summed E-state index contributed by atoms with van der Waals surface area (Å²) in [6.07, 6.45) is 0. The highest BCUT2D eigenvalue weighted by Gasteiger charge is 2.14. The molecule has 23 heavy (non-hydrogen) atoms. The third kappa shape index (κ3) is 4.47. The van der Waals surface area contributed by atoms with Crippen LogP contribution in [0.2, 0.25) is 0 Å². The fourth-order valence-corrected chi connectivity index (χ4v) is 1.89. The van der Waals surface area contributed by atoms with E-state index < -0.39 is 18.5 Å². The third-order valence-electron chi connectivity index (χ3n) is 2.92. The molecular formula is C17H17NO5. The highest BCUT2D eigenvalue weighted by Crippen LogP contribution is 2.23. The number of aromatic hydroxyl groups is 1. The Morgan fingerprint density at radius 3 is 2.52 bits per heavy atom. The molecule has 0 aliphatic carbocycles. The Balaban J connectivity index is 1.93. The Hall–Kier alpha value is -3.02. The minimum Gasteiger partial charge on any atom is -0.507 e. The number of rotatable bonds is 6. The zero-order chi connectivity index (χ0) is 16.7. The van der Waals surface area contributed by atoms with Gasteiger partial charge in [0.05, 0.1) is 12.3 Å². The first kappa shape index (κ1) is 16.4. The standard InChI is InChI=1S/C17H17NO5/c1-2-22-15-10-6-4-8-13(15)18-16(20)11-23-17(21)12-7-3-5-9-14(12)19/h3-10,19H,2,11H2,1H3,(H,18,20). The van der Waals surface area contributed by atoms with Crippen molar-refractivity contribution in [2.24, 2.45) is 0 Å². The summed E-state index contributed by atoms with van der Waals surface area (Å²) < 4.78 is 10.3. The number of benzene rings is 2. The van der Waals surface area contributed by atoms with Crippen molar-refractivity contribution in [3.8, 4) is 11.5 Å². The highest BCUT2D eigenvalue weighted by atomic mass is 16.5. The van der Waals surface area contributed by atoms with Gasteiger partial charge in [-0.25, -0.2) is 4.79 Å². The van der Waals surface area contributed by atoms with Crippen LogP contribution >= 0.6 is 0 Å². The van der Waals surface area contributed by atoms with E-state index in [4.69, 9.17) is 9.47 Å². The number of hydrogen-bond acceptors (Lipinski definition) is 5. The minimum absolute atomic E-state index is 0.00927. The molecule has 2 aromatic rings. The zero-order valence-electron chi connectivity index (χ0n) is 12.6. The molecule has 0 radical (unpaired) electrons. The van der Waals surface area contributed by atoms with Crippen LogP contribution in [0.15, 0.2) is 48.5 Å². The Labute approximate surface area is 133 Å². The normalized spacial score (nSPS) is 9.96. The molecule has 0 saturated carbocycles. The van der Waals surface area contributed by atoms with Crippen molar-refractivity contribution in [1.29, 1.82) is 0 Å². The molecule has 0 aliphatic rings. The maximum absolute atomic E-state index is 11.9. The molecule has 0 heterocycles. The molecule has 6 nitrogen and oxygen atoms in total. The van der Waals surface area contributed by atoms with Gasteiger partial charge in [0.15, 0.2) is 6.61 Å². The molecule has 0 bridgehead atoms. The first-order chi connectivity index (χ1) is 11.1. The van der Waals surface area contributed by atoms with Gasteiger partial charge in [0.2, 0.25) is 0 Å². The molecule has 120 valence electrons. The second kappa shape index (κ2) is 7.84. The summed E-state index contributed by atoms with van der Waals surface area (Å²) in [5, 5.41) is 12.2. The quantitative estimate of drug-likeness (QED) is 0.800. The maximum atomic E-state index is 11.9. The summed E-state index contributed by atoms with van der Waals surface area (Å²) in [6.45, 7) is 1.84. The van der Waals surface area contributed by atoms with Crippen LogP contribution in [0.5, 0.6) is 11.5 Å². The summed E-state index contributed by atoms with van der Waals surface area (Å²) in [5.41, 5.74) is 0.507. The lowest BCUT2D eigenvalue weighted by Crippen LogP contribution is -2.21. The number of esters is 1. The molecule has 0 spiro atoms. The summed E-state index contributed by atoms with van der Waals surface area (Å²) in [4.78, 5) is 23.7. The smallest absolute Gasteiger partial charge is 0.342 e. The van der Waals surface area contributed by atoms with Crippen molar-refractivity contribution in [1.82, 2.24) is 0 Å². The first-order valence-corrected chi connectivity index (χ1v) is 7.08. The fourth-order valence-electron chi connectivity index (χ4n) is 1.89. The fraction of sp³-hybridized carbons (Fsp3) is 0.176. The topological polar surface area (TPSA) is 84.9 Å². The van der Waals surface area contributed by atoms with Crippen LogP contribution in [-0.4, -0.2) is 30.2 Å². The second-order valence-electron chi connectivity index (χ2n) is 4.57. The van der Waals surface area contributed by atoms with Gasteiger partial charge in [0, 0.05) is 0 Å². The summed E-state index contributed by atoms with van der Waals surface area (Å²) in [7, 11) is 0. The van der Waals surface area contributed by atoms with E-state index in [2.05, 4.69) is 5.32 Å². The van der Waals surface area contributed by atoms with E-state index in [1.807, 2.05) is 6.92 Å². The molecule has 1 amide bonds. The van der Waals surface area contributed by atoms with E-state index in [9.17, 15) is 14.7 Å². The average molecular weight is 315 g/mol. The van der Waals surface area contributed by atoms with Crippen molar-refractivity contribution in [2.45, 2.75) is 6.92 Å². The summed E-state index contributed by atoms with van der Waals surface area (Å²) in [6, 6.07) is 12.9. The van der Waals surface area contributed by atoms with Gasteiger partial charge >= 0.3 is 5.97 Å². The Kier molecular flexibility index (Phi) is 5.57. The van der Waals surface area contributed by atoms with E-state index in [0.29, 0.717) is 18.0 Å². The SMILES string of the molecule is CCOc1ccccc1NC(=O)COC(=O)c1ccccc1O. The predicted octanol–water partition coefficient (Wildman–Crippen LogP) is 2.59. The van der Waals surface area contributed by atoms with Gasteiger partial charge in [-0.1, -0.05) is 24.3 Å². The van der Waals surface area contributed by atoms with Gasteiger partial charge < -0.3 is 19.9 Å². The molecule has 2 rings (SSSR count). The van der Waals surface area contributed by atoms with Crippen LogP contribution in [0.3, 0.4) is 0 Å². The van der Waals surface area contributed by atoms with Gasteiger partial charge in [-0.3, -0.25) is 4.79 Å². The average Bonchev–Trinajstić information content (AvgIpc) is 2.55. The van der Waals surface area contributed by atoms with E-state index in [1.54, 1.807) is 36.4 Å². The maximum Gasteiger partial charge on any atom is 0.342 e. The molecule has 0 aliphatic heterocycles. The number of phenolic OH excluding ortho intramolecular Hbond substituents is 1. The number of hydrogen-bond donors (Lipinski definition) is 2. The monoisotopic (exact) mass is 315 g/mol. The number of phenols is 1. The molecule has 2 aromatic carbocycles. The van der Waals surface area contributed by atoms with Crippen LogP contribution in [0, 0.1) is 0 Å². The van der Waals surface area contributed by atoms with Crippen LogP contribution in [0.25, 0.3) is 0 Å². The number of carbonyl (C=O) groups excluding carboxylic acids is 2. The van der Waals surface area contributed by atoms with Crippen LogP contribution in [0.4, 0.5) is 5.69 Å². The van der Waals surface area contributed by atoms with Crippen LogP contribution in [0.1, 0.15) is 17.3 Å².